The molecule has 0 aliphatic rings. The third-order valence-electron chi connectivity index (χ3n) is 3.32. The van der Waals surface area contributed by atoms with E-state index in [1.165, 1.54) is 0 Å². The van der Waals surface area contributed by atoms with Gasteiger partial charge in [0, 0.05) is 17.3 Å². The number of anilines is 1. The Kier molecular flexibility index (Phi) is 6.94. The van der Waals surface area contributed by atoms with Gasteiger partial charge in [-0.1, -0.05) is 43.6 Å². The van der Waals surface area contributed by atoms with Crippen LogP contribution in [0.3, 0.4) is 0 Å². The Balaban J connectivity index is 1.74. The fourth-order valence-corrected chi connectivity index (χ4v) is 2.21. The molecule has 0 bridgehead atoms. The SMILES string of the molecule is CC(C)COc1ccc(NCC(=O)NCc2ccccc2Cl)cc1. The summed E-state index contributed by atoms with van der Waals surface area (Å²) in [6.45, 7) is 5.53. The molecular weight excluding hydrogens is 324 g/mol. The Morgan fingerprint density at radius 3 is 2.50 bits per heavy atom. The van der Waals surface area contributed by atoms with Crippen molar-refractivity contribution >= 4 is 23.2 Å². The van der Waals surface area contributed by atoms with Crippen molar-refractivity contribution in [1.29, 1.82) is 0 Å². The topological polar surface area (TPSA) is 50.4 Å². The van der Waals surface area contributed by atoms with Crippen molar-refractivity contribution in [3.05, 3.63) is 59.1 Å². The second-order valence-corrected chi connectivity index (χ2v) is 6.36. The maximum absolute atomic E-state index is 11.9. The summed E-state index contributed by atoms with van der Waals surface area (Å²) in [6, 6.07) is 15.1. The van der Waals surface area contributed by atoms with E-state index in [0.29, 0.717) is 24.1 Å². The van der Waals surface area contributed by atoms with Crippen molar-refractivity contribution in [1.82, 2.24) is 5.32 Å². The van der Waals surface area contributed by atoms with E-state index >= 15 is 0 Å². The van der Waals surface area contributed by atoms with Gasteiger partial charge < -0.3 is 15.4 Å². The van der Waals surface area contributed by atoms with Crippen molar-refractivity contribution < 1.29 is 9.53 Å². The summed E-state index contributed by atoms with van der Waals surface area (Å²) in [4.78, 5) is 11.9. The van der Waals surface area contributed by atoms with Crippen LogP contribution in [-0.2, 0) is 11.3 Å². The Hall–Kier alpha value is -2.20. The van der Waals surface area contributed by atoms with E-state index in [2.05, 4.69) is 24.5 Å². The van der Waals surface area contributed by atoms with E-state index in [1.54, 1.807) is 0 Å². The first-order chi connectivity index (χ1) is 11.5. The smallest absolute Gasteiger partial charge is 0.239 e. The molecule has 0 atom stereocenters. The highest BCUT2D eigenvalue weighted by Gasteiger charge is 2.04. The van der Waals surface area contributed by atoms with Crippen molar-refractivity contribution in [2.75, 3.05) is 18.5 Å². The van der Waals surface area contributed by atoms with Crippen molar-refractivity contribution in [2.45, 2.75) is 20.4 Å². The largest absolute Gasteiger partial charge is 0.493 e. The lowest BCUT2D eigenvalue weighted by Crippen LogP contribution is -2.29. The van der Waals surface area contributed by atoms with Crippen LogP contribution < -0.4 is 15.4 Å². The van der Waals surface area contributed by atoms with E-state index in [-0.39, 0.29) is 12.5 Å². The number of carbonyl (C=O) groups excluding carboxylic acids is 1. The minimum Gasteiger partial charge on any atom is -0.493 e. The van der Waals surface area contributed by atoms with Crippen LogP contribution in [0.5, 0.6) is 5.75 Å². The normalized spacial score (nSPS) is 10.5. The molecule has 0 aliphatic heterocycles. The number of carbonyl (C=O) groups is 1. The molecular formula is C19H23ClN2O2. The molecule has 0 radical (unpaired) electrons. The van der Waals surface area contributed by atoms with Gasteiger partial charge in [0.05, 0.1) is 13.2 Å². The summed E-state index contributed by atoms with van der Waals surface area (Å²) in [5.74, 6) is 1.23. The summed E-state index contributed by atoms with van der Waals surface area (Å²) in [6.07, 6.45) is 0. The van der Waals surface area contributed by atoms with Crippen molar-refractivity contribution in [3.63, 3.8) is 0 Å². The Morgan fingerprint density at radius 1 is 1.12 bits per heavy atom. The minimum absolute atomic E-state index is 0.0879. The Labute approximate surface area is 148 Å². The molecule has 0 fully saturated rings. The molecule has 2 aromatic rings. The van der Waals surface area contributed by atoms with Crippen molar-refractivity contribution in [3.8, 4) is 5.75 Å². The third-order valence-corrected chi connectivity index (χ3v) is 3.69. The molecule has 0 unspecified atom stereocenters. The predicted octanol–water partition coefficient (Wildman–Crippen LogP) is 4.10. The molecule has 0 spiro atoms. The molecule has 5 heteroatoms. The molecule has 4 nitrogen and oxygen atoms in total. The van der Waals surface area contributed by atoms with Crippen LogP contribution >= 0.6 is 11.6 Å². The molecule has 1 amide bonds. The Bertz CT molecular complexity index is 657. The van der Waals surface area contributed by atoms with E-state index in [0.717, 1.165) is 17.0 Å². The van der Waals surface area contributed by atoms with E-state index in [9.17, 15) is 4.79 Å². The quantitative estimate of drug-likeness (QED) is 0.756. The zero-order chi connectivity index (χ0) is 17.4. The second-order valence-electron chi connectivity index (χ2n) is 5.95. The first-order valence-electron chi connectivity index (χ1n) is 8.01. The fraction of sp³-hybridized carbons (Fsp3) is 0.316. The molecule has 0 heterocycles. The third kappa shape index (κ3) is 6.13. The monoisotopic (exact) mass is 346 g/mol. The van der Waals surface area contributed by atoms with E-state index < -0.39 is 0 Å². The van der Waals surface area contributed by atoms with Gasteiger partial charge in [0.2, 0.25) is 5.91 Å². The lowest BCUT2D eigenvalue weighted by atomic mass is 10.2. The molecule has 2 aromatic carbocycles. The molecule has 128 valence electrons. The van der Waals surface area contributed by atoms with Gasteiger partial charge in [0.1, 0.15) is 5.75 Å². The number of ether oxygens (including phenoxy) is 1. The van der Waals surface area contributed by atoms with Crippen LogP contribution in [0.15, 0.2) is 48.5 Å². The first kappa shape index (κ1) is 18.1. The second kappa shape index (κ2) is 9.18. The molecule has 24 heavy (non-hydrogen) atoms. The van der Waals surface area contributed by atoms with Gasteiger partial charge >= 0.3 is 0 Å². The van der Waals surface area contributed by atoms with Crippen molar-refractivity contribution in [2.24, 2.45) is 5.92 Å². The summed E-state index contributed by atoms with van der Waals surface area (Å²) < 4.78 is 5.63. The lowest BCUT2D eigenvalue weighted by molar-refractivity contribution is -0.119. The standard InChI is InChI=1S/C19H23ClN2O2/c1-14(2)13-24-17-9-7-16(8-10-17)21-12-19(23)22-11-15-5-3-4-6-18(15)20/h3-10,14,21H,11-13H2,1-2H3,(H,22,23). The highest BCUT2D eigenvalue weighted by atomic mass is 35.5. The number of hydrogen-bond donors (Lipinski definition) is 2. The van der Waals surface area contributed by atoms with Crippen LogP contribution in [0.1, 0.15) is 19.4 Å². The van der Waals surface area contributed by atoms with Crippen LogP contribution in [0.4, 0.5) is 5.69 Å². The lowest BCUT2D eigenvalue weighted by Gasteiger charge is -2.11. The van der Waals surface area contributed by atoms with Gasteiger partial charge in [-0.25, -0.2) is 0 Å². The number of halogens is 1. The van der Waals surface area contributed by atoms with E-state index in [4.69, 9.17) is 16.3 Å². The maximum atomic E-state index is 11.9. The number of amides is 1. The van der Waals surface area contributed by atoms with Gasteiger partial charge in [-0.2, -0.15) is 0 Å². The number of benzene rings is 2. The van der Waals surface area contributed by atoms with Crippen LogP contribution in [-0.4, -0.2) is 19.1 Å². The average Bonchev–Trinajstić information content (AvgIpc) is 2.58. The highest BCUT2D eigenvalue weighted by Crippen LogP contribution is 2.16. The van der Waals surface area contributed by atoms with Crippen LogP contribution in [0, 0.1) is 5.92 Å². The Morgan fingerprint density at radius 2 is 1.83 bits per heavy atom. The van der Waals surface area contributed by atoms with Crippen LogP contribution in [0.2, 0.25) is 5.02 Å². The first-order valence-corrected chi connectivity index (χ1v) is 8.39. The molecule has 2 rings (SSSR count). The van der Waals surface area contributed by atoms with Gasteiger partial charge in [-0.05, 0) is 41.8 Å². The summed E-state index contributed by atoms with van der Waals surface area (Å²) >= 11 is 6.06. The summed E-state index contributed by atoms with van der Waals surface area (Å²) in [5.41, 5.74) is 1.78. The van der Waals surface area contributed by atoms with Crippen LogP contribution in [0.25, 0.3) is 0 Å². The van der Waals surface area contributed by atoms with Gasteiger partial charge in [0.15, 0.2) is 0 Å². The molecule has 0 aliphatic carbocycles. The number of hydrogen-bond acceptors (Lipinski definition) is 3. The summed E-state index contributed by atoms with van der Waals surface area (Å²) in [7, 11) is 0. The zero-order valence-corrected chi connectivity index (χ0v) is 14.8. The fourth-order valence-electron chi connectivity index (χ4n) is 2.01. The molecule has 0 saturated heterocycles. The average molecular weight is 347 g/mol. The number of rotatable bonds is 8. The predicted molar refractivity (Wildman–Crippen MR) is 98.6 cm³/mol. The van der Waals surface area contributed by atoms with Gasteiger partial charge in [-0.15, -0.1) is 0 Å². The van der Waals surface area contributed by atoms with Gasteiger partial charge in [-0.3, -0.25) is 4.79 Å². The molecule has 0 aromatic heterocycles. The molecule has 2 N–H and O–H groups in total. The minimum atomic E-state index is -0.0879. The zero-order valence-electron chi connectivity index (χ0n) is 14.0. The highest BCUT2D eigenvalue weighted by molar-refractivity contribution is 6.31. The van der Waals surface area contributed by atoms with E-state index in [1.807, 2.05) is 48.5 Å². The number of nitrogens with one attached hydrogen (secondary N) is 2. The molecule has 0 saturated carbocycles. The van der Waals surface area contributed by atoms with Gasteiger partial charge in [0.25, 0.3) is 0 Å². The maximum Gasteiger partial charge on any atom is 0.239 e. The summed E-state index contributed by atoms with van der Waals surface area (Å²) in [5, 5.41) is 6.59.